The first-order valence-corrected chi connectivity index (χ1v) is 11.9. The quantitative estimate of drug-likeness (QED) is 0.380. The zero-order valence-electron chi connectivity index (χ0n) is 18.6. The van der Waals surface area contributed by atoms with Crippen molar-refractivity contribution in [2.75, 3.05) is 10.6 Å². The molecule has 3 aliphatic rings. The summed E-state index contributed by atoms with van der Waals surface area (Å²) in [6.45, 7) is 0. The summed E-state index contributed by atoms with van der Waals surface area (Å²) in [6, 6.07) is 14.5. The van der Waals surface area contributed by atoms with E-state index >= 15 is 0 Å². The van der Waals surface area contributed by atoms with Crippen LogP contribution in [-0.4, -0.2) is 26.0 Å². The van der Waals surface area contributed by atoms with Gasteiger partial charge in [0, 0.05) is 35.2 Å². The Hall–Kier alpha value is -4.06. The molecule has 2 fully saturated rings. The Morgan fingerprint density at radius 3 is 2.59 bits per heavy atom. The maximum Gasteiger partial charge on any atom is 0.162 e. The molecule has 2 atom stereocenters. The van der Waals surface area contributed by atoms with E-state index in [9.17, 15) is 0 Å². The van der Waals surface area contributed by atoms with Crippen molar-refractivity contribution in [3.63, 3.8) is 0 Å². The predicted molar refractivity (Wildman–Crippen MR) is 136 cm³/mol. The fraction of sp³-hybridized carbons (Fsp3) is 0.214. The average molecular weight is 445 g/mol. The number of benzene rings is 1. The summed E-state index contributed by atoms with van der Waals surface area (Å²) in [5, 5.41) is 8.22. The fourth-order valence-corrected chi connectivity index (χ4v) is 5.41. The Morgan fingerprint density at radius 2 is 1.79 bits per heavy atom. The monoisotopic (exact) mass is 444 g/mol. The molecule has 6 nitrogen and oxygen atoms in total. The number of nitrogens with zero attached hydrogens (tertiary/aromatic N) is 4. The highest BCUT2D eigenvalue weighted by atomic mass is 15.1. The van der Waals surface area contributed by atoms with Gasteiger partial charge in [-0.15, -0.1) is 0 Å². The van der Waals surface area contributed by atoms with Crippen molar-refractivity contribution in [1.29, 1.82) is 0 Å². The second kappa shape index (κ2) is 7.76. The molecule has 3 aromatic heterocycles. The Morgan fingerprint density at radius 1 is 0.941 bits per heavy atom. The van der Waals surface area contributed by atoms with Gasteiger partial charge >= 0.3 is 0 Å². The lowest BCUT2D eigenvalue weighted by molar-refractivity contribution is 0.695. The Bertz CT molecular complexity index is 1450. The lowest BCUT2D eigenvalue weighted by atomic mass is 9.97. The van der Waals surface area contributed by atoms with Gasteiger partial charge in [0.15, 0.2) is 5.82 Å². The number of fused-ring (bicyclic) bond motifs is 2. The van der Waals surface area contributed by atoms with Crippen LogP contribution in [0.5, 0.6) is 0 Å². The van der Waals surface area contributed by atoms with Gasteiger partial charge in [0.2, 0.25) is 0 Å². The number of pyridine rings is 2. The first-order chi connectivity index (χ1) is 16.8. The highest BCUT2D eigenvalue weighted by Crippen LogP contribution is 2.53. The van der Waals surface area contributed by atoms with E-state index in [1.54, 1.807) is 6.20 Å². The second-order valence-corrected chi connectivity index (χ2v) is 9.31. The van der Waals surface area contributed by atoms with Gasteiger partial charge < -0.3 is 10.6 Å². The molecule has 0 bridgehead atoms. The van der Waals surface area contributed by atoms with Gasteiger partial charge in [-0.2, -0.15) is 0 Å². The molecule has 7 rings (SSSR count). The summed E-state index contributed by atoms with van der Waals surface area (Å²) >= 11 is 0. The predicted octanol–water partition coefficient (Wildman–Crippen LogP) is 5.99. The largest absolute Gasteiger partial charge is 0.366 e. The Balaban J connectivity index is 1.31. The zero-order chi connectivity index (χ0) is 22.5. The molecular weight excluding hydrogens is 420 g/mol. The van der Waals surface area contributed by atoms with Crippen LogP contribution in [-0.2, 0) is 0 Å². The van der Waals surface area contributed by atoms with E-state index in [4.69, 9.17) is 9.97 Å². The van der Waals surface area contributed by atoms with Crippen LogP contribution in [0, 0.1) is 11.8 Å². The highest BCUT2D eigenvalue weighted by Gasteiger charge is 2.52. The van der Waals surface area contributed by atoms with Crippen LogP contribution in [0.1, 0.15) is 24.8 Å². The molecule has 4 aromatic rings. The summed E-state index contributed by atoms with van der Waals surface area (Å²) in [5.74, 6) is 3.91. The molecule has 2 saturated carbocycles. The minimum Gasteiger partial charge on any atom is -0.366 e. The third-order valence-electron chi connectivity index (χ3n) is 7.24. The molecule has 0 radical (unpaired) electrons. The maximum absolute atomic E-state index is 5.07. The molecule has 2 N–H and O–H groups in total. The molecule has 0 spiro atoms. The van der Waals surface area contributed by atoms with Crippen LogP contribution in [0.25, 0.3) is 27.9 Å². The number of allylic oxidation sites excluding steroid dienone is 4. The third-order valence-corrected chi connectivity index (χ3v) is 7.24. The molecule has 1 aromatic carbocycles. The number of hydrogen-bond acceptors (Lipinski definition) is 6. The topological polar surface area (TPSA) is 75.6 Å². The van der Waals surface area contributed by atoms with Gasteiger partial charge in [-0.05, 0) is 54.5 Å². The lowest BCUT2D eigenvalue weighted by Crippen LogP contribution is -2.12. The van der Waals surface area contributed by atoms with Crippen LogP contribution in [0.3, 0.4) is 0 Å². The number of nitrogens with one attached hydrogen (secondary N) is 2. The second-order valence-electron chi connectivity index (χ2n) is 9.31. The smallest absolute Gasteiger partial charge is 0.162 e. The number of para-hydroxylation sites is 1. The summed E-state index contributed by atoms with van der Waals surface area (Å²) in [7, 11) is 0. The van der Waals surface area contributed by atoms with E-state index < -0.39 is 0 Å². The van der Waals surface area contributed by atoms with Crippen LogP contribution in [0.4, 0.5) is 17.3 Å². The standard InChI is InChI=1S/C28H24N6/c1-2-8-19(9-3-1)31-24-14-18(12-13-30-24)27-32-23-16-29-15-22(17-6-4-7-17)25(23)28(34-27)33-26-20-10-5-11-21(20)26/h1-4,6-9,12-16,20-21,26H,5,10-11H2,(H,30,31)(H,32,33,34). The molecule has 0 amide bonds. The van der Waals surface area contributed by atoms with Gasteiger partial charge in [0.05, 0.1) is 17.1 Å². The summed E-state index contributed by atoms with van der Waals surface area (Å²) < 4.78 is 0. The average Bonchev–Trinajstić information content (AvgIpc) is 3.23. The minimum atomic E-state index is 0.513. The summed E-state index contributed by atoms with van der Waals surface area (Å²) in [5.41, 5.74) is 5.02. The van der Waals surface area contributed by atoms with Gasteiger partial charge in [-0.3, -0.25) is 4.98 Å². The first-order valence-electron chi connectivity index (χ1n) is 11.9. The number of anilines is 3. The lowest BCUT2D eigenvalue weighted by Gasteiger charge is -2.16. The Labute approximate surface area is 197 Å². The van der Waals surface area contributed by atoms with E-state index in [-0.39, 0.29) is 0 Å². The zero-order valence-corrected chi connectivity index (χ0v) is 18.6. The number of rotatable bonds is 6. The minimum absolute atomic E-state index is 0.513. The summed E-state index contributed by atoms with van der Waals surface area (Å²) in [6.07, 6.45) is 15.8. The van der Waals surface area contributed by atoms with Crippen molar-refractivity contribution < 1.29 is 0 Å². The molecule has 6 heteroatoms. The highest BCUT2D eigenvalue weighted by molar-refractivity contribution is 6.02. The van der Waals surface area contributed by atoms with E-state index in [0.29, 0.717) is 11.9 Å². The van der Waals surface area contributed by atoms with Crippen molar-refractivity contribution in [2.24, 2.45) is 11.8 Å². The number of hydrogen-bond donors (Lipinski definition) is 2. The van der Waals surface area contributed by atoms with Gasteiger partial charge in [-0.1, -0.05) is 42.8 Å². The molecule has 0 saturated heterocycles. The van der Waals surface area contributed by atoms with Gasteiger partial charge in [0.25, 0.3) is 0 Å². The molecule has 166 valence electrons. The molecule has 3 aliphatic carbocycles. The molecule has 0 aliphatic heterocycles. The van der Waals surface area contributed by atoms with Crippen molar-refractivity contribution in [2.45, 2.75) is 25.3 Å². The summed E-state index contributed by atoms with van der Waals surface area (Å²) in [4.78, 5) is 19.0. The molecule has 2 unspecified atom stereocenters. The van der Waals surface area contributed by atoms with E-state index in [2.05, 4.69) is 38.8 Å². The Kier molecular flexibility index (Phi) is 4.43. The number of aromatic nitrogens is 4. The molecule has 3 heterocycles. The van der Waals surface area contributed by atoms with Crippen molar-refractivity contribution in [1.82, 2.24) is 19.9 Å². The van der Waals surface area contributed by atoms with E-state index in [0.717, 1.165) is 51.2 Å². The van der Waals surface area contributed by atoms with Crippen LogP contribution in [0.2, 0.25) is 0 Å². The van der Waals surface area contributed by atoms with Gasteiger partial charge in [0.1, 0.15) is 11.6 Å². The SMILES string of the molecule is C1=CC(c2cncc3nc(-c4ccnc(Nc5ccccc5)c4)nc(NC4C5CCCC54)c23)=C1. The van der Waals surface area contributed by atoms with Gasteiger partial charge in [-0.25, -0.2) is 15.0 Å². The van der Waals surface area contributed by atoms with Crippen molar-refractivity contribution in [3.05, 3.63) is 84.8 Å². The van der Waals surface area contributed by atoms with Crippen LogP contribution >= 0.6 is 0 Å². The first kappa shape index (κ1) is 19.4. The molecular formula is C28H24N6. The van der Waals surface area contributed by atoms with E-state index in [1.165, 1.54) is 24.8 Å². The molecule has 34 heavy (non-hydrogen) atoms. The normalized spacial score (nSPS) is 22.1. The van der Waals surface area contributed by atoms with E-state index in [1.807, 2.05) is 54.9 Å². The maximum atomic E-state index is 5.07. The van der Waals surface area contributed by atoms with Crippen molar-refractivity contribution >= 4 is 33.8 Å². The third kappa shape index (κ3) is 3.34. The van der Waals surface area contributed by atoms with Crippen LogP contribution < -0.4 is 10.6 Å². The van der Waals surface area contributed by atoms with Crippen LogP contribution in [0.15, 0.2) is 79.3 Å². The fourth-order valence-electron chi connectivity index (χ4n) is 5.41. The van der Waals surface area contributed by atoms with Crippen molar-refractivity contribution in [3.8, 4) is 11.4 Å².